The van der Waals surface area contributed by atoms with E-state index in [-0.39, 0.29) is 0 Å². The zero-order chi connectivity index (χ0) is 32.3. The summed E-state index contributed by atoms with van der Waals surface area (Å²) in [5.41, 5.74) is 11.4. The van der Waals surface area contributed by atoms with Crippen molar-refractivity contribution in [1.29, 1.82) is 0 Å². The number of rotatable bonds is 5. The predicted octanol–water partition coefficient (Wildman–Crippen LogP) is 13.4. The largest absolute Gasteiger partial charge is 0.456 e. The molecule has 3 heteroatoms. The van der Waals surface area contributed by atoms with Crippen LogP contribution in [-0.4, -0.2) is 0 Å². The second kappa shape index (κ2) is 11.0. The molecule has 0 saturated carbocycles. The number of hydrogen-bond donors (Lipinski definition) is 0. The third-order valence-electron chi connectivity index (χ3n) is 9.64. The maximum atomic E-state index is 6.24. The second-order valence-corrected chi connectivity index (χ2v) is 12.6. The topological polar surface area (TPSA) is 29.5 Å². The Hall–Kier alpha value is -6.58. The molecule has 0 spiro atoms. The van der Waals surface area contributed by atoms with Gasteiger partial charge in [0.2, 0.25) is 0 Å². The molecule has 3 nitrogen and oxygen atoms in total. The smallest absolute Gasteiger partial charge is 0.135 e. The van der Waals surface area contributed by atoms with Crippen LogP contribution in [0.5, 0.6) is 0 Å². The first-order valence-electron chi connectivity index (χ1n) is 16.6. The Morgan fingerprint density at radius 3 is 1.73 bits per heavy atom. The van der Waals surface area contributed by atoms with E-state index in [2.05, 4.69) is 157 Å². The summed E-state index contributed by atoms with van der Waals surface area (Å²) < 4.78 is 12.4. The number of nitrogens with zero attached hydrogens (tertiary/aromatic N) is 1. The van der Waals surface area contributed by atoms with Crippen LogP contribution in [0.2, 0.25) is 0 Å². The first-order chi connectivity index (χ1) is 24.3. The quantitative estimate of drug-likeness (QED) is 0.190. The van der Waals surface area contributed by atoms with Gasteiger partial charge in [-0.2, -0.15) is 0 Å². The molecule has 10 aromatic rings. The summed E-state index contributed by atoms with van der Waals surface area (Å²) in [6, 6.07) is 62.3. The van der Waals surface area contributed by atoms with Gasteiger partial charge in [0.1, 0.15) is 22.3 Å². The highest BCUT2D eigenvalue weighted by Gasteiger charge is 2.20. The van der Waals surface area contributed by atoms with E-state index in [0.717, 1.165) is 77.6 Å². The molecule has 0 atom stereocenters. The summed E-state index contributed by atoms with van der Waals surface area (Å²) in [7, 11) is 0. The Kier molecular flexibility index (Phi) is 6.18. The third-order valence-corrected chi connectivity index (χ3v) is 9.64. The molecular weight excluding hydrogens is 599 g/mol. The normalized spacial score (nSPS) is 11.7. The average Bonchev–Trinajstić information content (AvgIpc) is 3.73. The van der Waals surface area contributed by atoms with Gasteiger partial charge in [0.15, 0.2) is 0 Å². The Balaban J connectivity index is 1.19. The second-order valence-electron chi connectivity index (χ2n) is 12.6. The average molecular weight is 628 g/mol. The minimum absolute atomic E-state index is 0.875. The van der Waals surface area contributed by atoms with Gasteiger partial charge in [-0.1, -0.05) is 109 Å². The molecule has 0 fully saturated rings. The van der Waals surface area contributed by atoms with Gasteiger partial charge >= 0.3 is 0 Å². The number of fused-ring (bicyclic) bond motifs is 7. The van der Waals surface area contributed by atoms with E-state index in [0.29, 0.717) is 0 Å². The van der Waals surface area contributed by atoms with Gasteiger partial charge in [0.05, 0.1) is 5.69 Å². The highest BCUT2D eigenvalue weighted by molar-refractivity contribution is 6.08. The minimum atomic E-state index is 0.875. The van der Waals surface area contributed by atoms with Crippen LogP contribution in [0.1, 0.15) is 0 Å². The standard InChI is InChI=1S/C46H29NO2/c1-2-11-31-26-33(21-20-30(31)10-1)32-12-9-13-35(27-32)47(36-23-25-46-41(29-36)39-16-5-8-19-44(39)49-46)42-17-6-3-14-37(42)34-22-24-45-40(28-34)38-15-4-7-18-43(38)48-45/h1-29H. The van der Waals surface area contributed by atoms with Gasteiger partial charge in [-0.05, 0) is 94.2 Å². The molecule has 0 aliphatic rings. The maximum Gasteiger partial charge on any atom is 0.135 e. The molecule has 0 amide bonds. The molecule has 49 heavy (non-hydrogen) atoms. The fourth-order valence-electron chi connectivity index (χ4n) is 7.28. The molecule has 0 aliphatic heterocycles. The van der Waals surface area contributed by atoms with Gasteiger partial charge < -0.3 is 13.7 Å². The van der Waals surface area contributed by atoms with Crippen LogP contribution in [0.15, 0.2) is 185 Å². The van der Waals surface area contributed by atoms with Crippen molar-refractivity contribution >= 4 is 71.7 Å². The van der Waals surface area contributed by atoms with Crippen molar-refractivity contribution in [3.63, 3.8) is 0 Å². The molecule has 0 unspecified atom stereocenters. The zero-order valence-electron chi connectivity index (χ0n) is 26.5. The van der Waals surface area contributed by atoms with Gasteiger partial charge in [-0.3, -0.25) is 0 Å². The van der Waals surface area contributed by atoms with Crippen LogP contribution < -0.4 is 4.90 Å². The zero-order valence-corrected chi connectivity index (χ0v) is 26.5. The molecule has 10 rings (SSSR count). The van der Waals surface area contributed by atoms with E-state index in [1.165, 1.54) is 16.3 Å². The van der Waals surface area contributed by atoms with Crippen LogP contribution in [0, 0.1) is 0 Å². The first kappa shape index (κ1) is 27.5. The number of anilines is 3. The lowest BCUT2D eigenvalue weighted by Gasteiger charge is -2.28. The molecule has 0 saturated heterocycles. The van der Waals surface area contributed by atoms with Gasteiger partial charge in [0.25, 0.3) is 0 Å². The number of benzene rings is 8. The lowest BCUT2D eigenvalue weighted by Crippen LogP contribution is -2.11. The Morgan fingerprint density at radius 2 is 0.918 bits per heavy atom. The van der Waals surface area contributed by atoms with E-state index in [1.54, 1.807) is 0 Å². The molecule has 0 bridgehead atoms. The minimum Gasteiger partial charge on any atom is -0.456 e. The Labute approximate surface area is 282 Å². The van der Waals surface area contributed by atoms with E-state index in [4.69, 9.17) is 8.83 Å². The van der Waals surface area contributed by atoms with Crippen molar-refractivity contribution in [2.45, 2.75) is 0 Å². The molecule has 0 aliphatic carbocycles. The Bertz CT molecular complexity index is 2860. The Morgan fingerprint density at radius 1 is 0.327 bits per heavy atom. The van der Waals surface area contributed by atoms with Crippen LogP contribution in [0.3, 0.4) is 0 Å². The summed E-state index contributed by atoms with van der Waals surface area (Å²) in [5, 5.41) is 6.89. The monoisotopic (exact) mass is 627 g/mol. The fourth-order valence-corrected chi connectivity index (χ4v) is 7.28. The summed E-state index contributed by atoms with van der Waals surface area (Å²) in [4.78, 5) is 2.37. The number of para-hydroxylation sites is 3. The van der Waals surface area contributed by atoms with E-state index in [1.807, 2.05) is 24.3 Å². The van der Waals surface area contributed by atoms with Crippen molar-refractivity contribution in [2.24, 2.45) is 0 Å². The van der Waals surface area contributed by atoms with E-state index >= 15 is 0 Å². The number of hydrogen-bond acceptors (Lipinski definition) is 3. The van der Waals surface area contributed by atoms with Crippen molar-refractivity contribution in [3.05, 3.63) is 176 Å². The van der Waals surface area contributed by atoms with Crippen molar-refractivity contribution < 1.29 is 8.83 Å². The van der Waals surface area contributed by atoms with Crippen molar-refractivity contribution in [3.8, 4) is 22.3 Å². The molecule has 2 heterocycles. The number of furan rings is 2. The van der Waals surface area contributed by atoms with E-state index < -0.39 is 0 Å². The van der Waals surface area contributed by atoms with Crippen molar-refractivity contribution in [2.75, 3.05) is 4.90 Å². The predicted molar refractivity (Wildman–Crippen MR) is 204 cm³/mol. The van der Waals surface area contributed by atoms with Gasteiger partial charge in [-0.25, -0.2) is 0 Å². The highest BCUT2D eigenvalue weighted by atomic mass is 16.3. The van der Waals surface area contributed by atoms with Crippen LogP contribution >= 0.6 is 0 Å². The lowest BCUT2D eigenvalue weighted by molar-refractivity contribution is 0.668. The first-order valence-corrected chi connectivity index (χ1v) is 16.6. The molecule has 0 N–H and O–H groups in total. The molecule has 0 radical (unpaired) electrons. The lowest BCUT2D eigenvalue weighted by atomic mass is 9.98. The molecule has 230 valence electrons. The van der Waals surface area contributed by atoms with Crippen molar-refractivity contribution in [1.82, 2.24) is 0 Å². The fraction of sp³-hybridized carbons (Fsp3) is 0. The SMILES string of the molecule is c1cc(-c2ccc3ccccc3c2)cc(N(c2ccc3oc4ccccc4c3c2)c2ccccc2-c2ccc3oc4ccccc4c3c2)c1. The van der Waals surface area contributed by atoms with Crippen LogP contribution in [-0.2, 0) is 0 Å². The molecule has 2 aromatic heterocycles. The van der Waals surface area contributed by atoms with E-state index in [9.17, 15) is 0 Å². The summed E-state index contributed by atoms with van der Waals surface area (Å²) in [6.07, 6.45) is 0. The summed E-state index contributed by atoms with van der Waals surface area (Å²) in [6.45, 7) is 0. The van der Waals surface area contributed by atoms with Crippen LogP contribution in [0.4, 0.5) is 17.1 Å². The van der Waals surface area contributed by atoms with Gasteiger partial charge in [0, 0.05) is 38.5 Å². The maximum absolute atomic E-state index is 6.24. The highest BCUT2D eigenvalue weighted by Crippen LogP contribution is 2.44. The summed E-state index contributed by atoms with van der Waals surface area (Å²) >= 11 is 0. The summed E-state index contributed by atoms with van der Waals surface area (Å²) in [5.74, 6) is 0. The molecule has 8 aromatic carbocycles. The molecular formula is C46H29NO2. The van der Waals surface area contributed by atoms with Gasteiger partial charge in [-0.15, -0.1) is 0 Å². The van der Waals surface area contributed by atoms with Crippen LogP contribution in [0.25, 0.3) is 76.9 Å². The third kappa shape index (κ3) is 4.59.